The molecule has 0 bridgehead atoms. The van der Waals surface area contributed by atoms with E-state index in [1.807, 2.05) is 12.1 Å². The van der Waals surface area contributed by atoms with Crippen molar-refractivity contribution in [3.8, 4) is 17.1 Å². The molecule has 3 atom stereocenters. The Hall–Kier alpha value is -3.19. The number of aromatic nitrogens is 4. The maximum atomic E-state index is 12.0. The highest BCUT2D eigenvalue weighted by Gasteiger charge is 2.39. The SMILES string of the molecule is COCCOc1ncc(Cl)cc1-c1nc(C2NOC(=O)N2)cc2nc(N3CCO[C@H]4CCC[C@@H]43)n(CC3CCC(C)CC3)c12. The van der Waals surface area contributed by atoms with Gasteiger partial charge in [-0.2, -0.15) is 0 Å². The van der Waals surface area contributed by atoms with Crippen molar-refractivity contribution < 1.29 is 23.8 Å². The lowest BCUT2D eigenvalue weighted by Crippen LogP contribution is -2.49. The van der Waals surface area contributed by atoms with Gasteiger partial charge in [-0.25, -0.2) is 19.7 Å². The van der Waals surface area contributed by atoms with Gasteiger partial charge in [0, 0.05) is 26.4 Å². The molecule has 2 N–H and O–H groups in total. The van der Waals surface area contributed by atoms with Crippen LogP contribution in [0, 0.1) is 11.8 Å². The van der Waals surface area contributed by atoms with Crippen molar-refractivity contribution >= 4 is 34.7 Å². The number of hydrogen-bond acceptors (Lipinski definition) is 10. The summed E-state index contributed by atoms with van der Waals surface area (Å²) in [5.41, 5.74) is 6.27. The van der Waals surface area contributed by atoms with Gasteiger partial charge in [0.1, 0.15) is 12.3 Å². The number of fused-ring (bicyclic) bond motifs is 2. The number of hydroxylamine groups is 1. The molecule has 0 aromatic carbocycles. The summed E-state index contributed by atoms with van der Waals surface area (Å²) in [6.07, 6.45) is 8.68. The minimum absolute atomic E-state index is 0.216. The third-order valence-corrected chi connectivity index (χ3v) is 9.67. The molecule has 13 heteroatoms. The summed E-state index contributed by atoms with van der Waals surface area (Å²) in [5, 5.41) is 3.24. The largest absolute Gasteiger partial charge is 0.475 e. The number of halogens is 1. The number of carbonyl (C=O) groups excluding carboxylic acids is 1. The van der Waals surface area contributed by atoms with E-state index in [1.54, 1.807) is 13.3 Å². The molecule has 3 aromatic rings. The first-order chi connectivity index (χ1) is 21.5. The summed E-state index contributed by atoms with van der Waals surface area (Å²) >= 11 is 6.56. The van der Waals surface area contributed by atoms with Gasteiger partial charge in [-0.1, -0.05) is 31.4 Å². The molecular weight excluding hydrogens is 586 g/mol. The fraction of sp³-hybridized carbons (Fsp3) is 0.613. The molecule has 2 aliphatic carbocycles. The van der Waals surface area contributed by atoms with Crippen molar-refractivity contribution in [2.24, 2.45) is 11.8 Å². The normalized spacial score (nSPS) is 26.9. The third-order valence-electron chi connectivity index (χ3n) is 9.47. The lowest BCUT2D eigenvalue weighted by molar-refractivity contribution is 0.0247. The number of pyridine rings is 2. The number of amides is 1. The Bertz CT molecular complexity index is 1510. The smallest absolute Gasteiger partial charge is 0.427 e. The number of imidazole rings is 1. The van der Waals surface area contributed by atoms with E-state index in [1.165, 1.54) is 25.7 Å². The molecule has 1 amide bonds. The van der Waals surface area contributed by atoms with Gasteiger partial charge in [-0.05, 0) is 56.1 Å². The lowest BCUT2D eigenvalue weighted by Gasteiger charge is -2.39. The van der Waals surface area contributed by atoms with Gasteiger partial charge in [-0.3, -0.25) is 5.32 Å². The molecule has 236 valence electrons. The fourth-order valence-corrected chi connectivity index (χ4v) is 7.35. The van der Waals surface area contributed by atoms with Crippen molar-refractivity contribution in [1.82, 2.24) is 30.3 Å². The van der Waals surface area contributed by atoms with Gasteiger partial charge in [0.15, 0.2) is 6.17 Å². The number of anilines is 1. The van der Waals surface area contributed by atoms with Crippen LogP contribution >= 0.6 is 11.6 Å². The molecule has 2 aliphatic heterocycles. The van der Waals surface area contributed by atoms with Crippen molar-refractivity contribution in [1.29, 1.82) is 0 Å². The number of carbonyl (C=O) groups is 1. The maximum absolute atomic E-state index is 12.0. The minimum atomic E-state index is -0.647. The first kappa shape index (κ1) is 29.5. The molecule has 1 unspecified atom stereocenters. The standard InChI is InChI=1S/C31H40ClN7O5/c1-18-6-8-19(9-7-18)17-39-27-22(35-30(39)38-10-11-42-25-5-3-4-24(25)38)15-23(28-36-31(40)44-37-28)34-26(27)21-14-20(32)16-33-29(21)43-13-12-41-2/h14-16,18-19,24-25,28,37H,3-13,17H2,1-2H3,(H,36,40)/t18?,19?,24-,25-,28?/m0/s1. The molecule has 2 saturated carbocycles. The first-order valence-corrected chi connectivity index (χ1v) is 16.2. The topological polar surface area (TPSA) is 125 Å². The van der Waals surface area contributed by atoms with E-state index in [0.29, 0.717) is 53.6 Å². The Morgan fingerprint density at radius 1 is 1.11 bits per heavy atom. The summed E-state index contributed by atoms with van der Waals surface area (Å²) in [5.74, 6) is 2.62. The zero-order valence-corrected chi connectivity index (χ0v) is 26.0. The van der Waals surface area contributed by atoms with Crippen molar-refractivity contribution in [2.75, 3.05) is 38.4 Å². The quantitative estimate of drug-likeness (QED) is 0.314. The lowest BCUT2D eigenvalue weighted by atomic mass is 9.83. The zero-order valence-electron chi connectivity index (χ0n) is 25.3. The van der Waals surface area contributed by atoms with Gasteiger partial charge >= 0.3 is 6.09 Å². The van der Waals surface area contributed by atoms with E-state index in [2.05, 4.69) is 32.2 Å². The molecule has 2 saturated heterocycles. The highest BCUT2D eigenvalue weighted by atomic mass is 35.5. The Balaban J connectivity index is 1.42. The van der Waals surface area contributed by atoms with E-state index in [-0.39, 0.29) is 12.1 Å². The van der Waals surface area contributed by atoms with Crippen LogP contribution in [0.25, 0.3) is 22.3 Å². The number of morpholine rings is 1. The number of nitrogens with zero attached hydrogens (tertiary/aromatic N) is 5. The predicted molar refractivity (Wildman–Crippen MR) is 164 cm³/mol. The Morgan fingerprint density at radius 3 is 2.77 bits per heavy atom. The molecule has 4 aliphatic rings. The molecule has 12 nitrogen and oxygen atoms in total. The highest BCUT2D eigenvalue weighted by Crippen LogP contribution is 2.41. The van der Waals surface area contributed by atoms with Crippen molar-refractivity contribution in [3.05, 3.63) is 29.0 Å². The average Bonchev–Trinajstić information content (AvgIpc) is 3.77. The average molecular weight is 626 g/mol. The Kier molecular flexibility index (Phi) is 8.50. The van der Waals surface area contributed by atoms with Crippen LogP contribution in [-0.2, 0) is 20.9 Å². The maximum Gasteiger partial charge on any atom is 0.427 e. The predicted octanol–water partition coefficient (Wildman–Crippen LogP) is 5.00. The number of nitrogens with one attached hydrogen (secondary N) is 2. The second-order valence-electron chi connectivity index (χ2n) is 12.4. The summed E-state index contributed by atoms with van der Waals surface area (Å²) in [4.78, 5) is 34.5. The van der Waals surface area contributed by atoms with Crippen LogP contribution in [0.2, 0.25) is 5.02 Å². The second kappa shape index (κ2) is 12.7. The van der Waals surface area contributed by atoms with Crippen LogP contribution in [0.5, 0.6) is 5.88 Å². The number of ether oxygens (including phenoxy) is 3. The minimum Gasteiger partial charge on any atom is -0.475 e. The number of methoxy groups -OCH3 is 1. The molecule has 4 fully saturated rings. The summed E-state index contributed by atoms with van der Waals surface area (Å²) in [6.45, 7) is 5.35. The van der Waals surface area contributed by atoms with Crippen LogP contribution in [-0.4, -0.2) is 71.2 Å². The number of hydrogen-bond donors (Lipinski definition) is 2. The van der Waals surface area contributed by atoms with E-state index >= 15 is 0 Å². The number of rotatable bonds is 9. The monoisotopic (exact) mass is 625 g/mol. The highest BCUT2D eigenvalue weighted by molar-refractivity contribution is 6.30. The van der Waals surface area contributed by atoms with Gasteiger partial charge < -0.3 is 28.5 Å². The second-order valence-corrected chi connectivity index (χ2v) is 12.9. The van der Waals surface area contributed by atoms with Crippen molar-refractivity contribution in [2.45, 2.75) is 76.7 Å². The molecule has 44 heavy (non-hydrogen) atoms. The fourth-order valence-electron chi connectivity index (χ4n) is 7.19. The van der Waals surface area contributed by atoms with Gasteiger partial charge in [0.2, 0.25) is 11.8 Å². The molecule has 5 heterocycles. The summed E-state index contributed by atoms with van der Waals surface area (Å²) in [6, 6.07) is 4.05. The van der Waals surface area contributed by atoms with E-state index in [9.17, 15) is 4.79 Å². The van der Waals surface area contributed by atoms with Crippen LogP contribution in [0.15, 0.2) is 18.3 Å². The summed E-state index contributed by atoms with van der Waals surface area (Å²) < 4.78 is 19.9. The molecule has 0 spiro atoms. The van der Waals surface area contributed by atoms with Gasteiger partial charge in [0.25, 0.3) is 0 Å². The van der Waals surface area contributed by atoms with Crippen LogP contribution in [0.3, 0.4) is 0 Å². The van der Waals surface area contributed by atoms with Crippen LogP contribution in [0.1, 0.15) is 63.7 Å². The Labute approximate surface area is 261 Å². The van der Waals surface area contributed by atoms with Crippen LogP contribution < -0.4 is 20.4 Å². The van der Waals surface area contributed by atoms with Gasteiger partial charge in [-0.15, -0.1) is 5.48 Å². The van der Waals surface area contributed by atoms with Crippen molar-refractivity contribution in [3.63, 3.8) is 0 Å². The summed E-state index contributed by atoms with van der Waals surface area (Å²) in [7, 11) is 1.63. The van der Waals surface area contributed by atoms with E-state index in [0.717, 1.165) is 55.3 Å². The molecule has 3 aromatic heterocycles. The zero-order chi connectivity index (χ0) is 30.2. The third kappa shape index (κ3) is 5.80. The molecule has 0 radical (unpaired) electrons. The van der Waals surface area contributed by atoms with Gasteiger partial charge in [0.05, 0.1) is 52.7 Å². The van der Waals surface area contributed by atoms with E-state index < -0.39 is 12.3 Å². The Morgan fingerprint density at radius 2 is 1.98 bits per heavy atom. The first-order valence-electron chi connectivity index (χ1n) is 15.8. The molecular formula is C31H40ClN7O5. The van der Waals surface area contributed by atoms with E-state index in [4.69, 9.17) is 40.6 Å². The molecule has 7 rings (SSSR count). The van der Waals surface area contributed by atoms with Crippen LogP contribution in [0.4, 0.5) is 10.7 Å².